The summed E-state index contributed by atoms with van der Waals surface area (Å²) in [6, 6.07) is 1.81. The Morgan fingerprint density at radius 1 is 0.880 bits per heavy atom. The summed E-state index contributed by atoms with van der Waals surface area (Å²) >= 11 is 0. The number of rotatable bonds is 15. The Morgan fingerprint density at radius 3 is 1.52 bits per heavy atom. The Bertz CT molecular complexity index is 388. The average Bonchev–Trinajstić information content (AvgIpc) is 2.60. The normalized spacial score (nSPS) is 12.6. The number of carbonyl (C=O) groups excluding carboxylic acids is 1. The zero-order valence-corrected chi connectivity index (χ0v) is 19.1. The molecule has 0 aromatic heterocycles. The van der Waals surface area contributed by atoms with Crippen LogP contribution in [0.15, 0.2) is 12.2 Å². The topological polar surface area (TPSA) is 57.2 Å². The van der Waals surface area contributed by atoms with Crippen LogP contribution in [0.3, 0.4) is 0 Å². The van der Waals surface area contributed by atoms with Crippen LogP contribution < -0.4 is 0 Å². The SMILES string of the molecule is C=C(C)C(=O)CN(CCC[Si](C)(OC)OC)CCC[Si](C)(OC)OC. The van der Waals surface area contributed by atoms with Crippen LogP contribution in [0.5, 0.6) is 0 Å². The van der Waals surface area contributed by atoms with Crippen LogP contribution in [-0.2, 0) is 22.5 Å². The minimum Gasteiger partial charge on any atom is -0.398 e. The van der Waals surface area contributed by atoms with Crippen molar-refractivity contribution in [2.24, 2.45) is 0 Å². The molecule has 0 aliphatic rings. The Hall–Kier alpha value is -0.356. The highest BCUT2D eigenvalue weighted by Gasteiger charge is 2.29. The Kier molecular flexibility index (Phi) is 11.9. The molecule has 0 spiro atoms. The van der Waals surface area contributed by atoms with Gasteiger partial charge in [0.2, 0.25) is 0 Å². The quantitative estimate of drug-likeness (QED) is 0.316. The van der Waals surface area contributed by atoms with E-state index in [2.05, 4.69) is 24.6 Å². The third kappa shape index (κ3) is 9.79. The fourth-order valence-corrected chi connectivity index (χ4v) is 5.18. The number of nitrogens with zero attached hydrogens (tertiary/aromatic N) is 1. The van der Waals surface area contributed by atoms with Crippen LogP contribution in [0, 0.1) is 0 Å². The first kappa shape index (κ1) is 24.6. The van der Waals surface area contributed by atoms with Gasteiger partial charge < -0.3 is 17.7 Å². The number of carbonyl (C=O) groups is 1. The molecule has 0 fully saturated rings. The second-order valence-electron chi connectivity index (χ2n) is 6.77. The van der Waals surface area contributed by atoms with E-state index in [-0.39, 0.29) is 5.78 Å². The number of Topliss-reactive ketones (excluding diaryl/α,β-unsaturated/α-hetero) is 1. The van der Waals surface area contributed by atoms with E-state index in [0.29, 0.717) is 12.1 Å². The summed E-state index contributed by atoms with van der Waals surface area (Å²) in [5, 5.41) is 0. The lowest BCUT2D eigenvalue weighted by molar-refractivity contribution is -0.116. The summed E-state index contributed by atoms with van der Waals surface area (Å²) in [5.41, 5.74) is 0.603. The maximum Gasteiger partial charge on any atom is 0.334 e. The second-order valence-corrected chi connectivity index (χ2v) is 13.9. The fraction of sp³-hybridized carbons (Fsp3) is 0.824. The number of ketones is 1. The zero-order valence-electron chi connectivity index (χ0n) is 17.1. The smallest absolute Gasteiger partial charge is 0.334 e. The molecule has 0 saturated heterocycles. The minimum atomic E-state index is -2.06. The fourth-order valence-electron chi connectivity index (χ4n) is 2.43. The third-order valence-corrected chi connectivity index (χ3v) is 10.8. The zero-order chi connectivity index (χ0) is 19.5. The van der Waals surface area contributed by atoms with Crippen molar-refractivity contribution in [2.75, 3.05) is 48.1 Å². The third-order valence-electron chi connectivity index (χ3n) is 4.78. The van der Waals surface area contributed by atoms with E-state index < -0.39 is 17.1 Å². The van der Waals surface area contributed by atoms with E-state index in [1.165, 1.54) is 0 Å². The minimum absolute atomic E-state index is 0.0944. The first-order valence-corrected chi connectivity index (χ1v) is 13.8. The van der Waals surface area contributed by atoms with Crippen LogP contribution in [-0.4, -0.2) is 75.9 Å². The molecule has 0 unspecified atom stereocenters. The first-order chi connectivity index (χ1) is 11.6. The molecule has 0 rings (SSSR count). The molecule has 25 heavy (non-hydrogen) atoms. The first-order valence-electron chi connectivity index (χ1n) is 8.77. The highest BCUT2D eigenvalue weighted by Crippen LogP contribution is 2.16. The summed E-state index contributed by atoms with van der Waals surface area (Å²) < 4.78 is 22.1. The molecule has 0 aliphatic heterocycles. The van der Waals surface area contributed by atoms with Crippen molar-refractivity contribution in [2.45, 2.75) is 44.9 Å². The molecule has 0 aliphatic carbocycles. The van der Waals surface area contributed by atoms with Crippen molar-refractivity contribution in [3.05, 3.63) is 12.2 Å². The van der Waals surface area contributed by atoms with Crippen LogP contribution in [0.4, 0.5) is 0 Å². The molecule has 0 aromatic carbocycles. The van der Waals surface area contributed by atoms with Gasteiger partial charge in [0.1, 0.15) is 0 Å². The Labute approximate surface area is 156 Å². The average molecular weight is 392 g/mol. The summed E-state index contributed by atoms with van der Waals surface area (Å²) in [4.78, 5) is 14.3. The van der Waals surface area contributed by atoms with Gasteiger partial charge in [0.15, 0.2) is 5.78 Å². The van der Waals surface area contributed by atoms with Gasteiger partial charge in [0, 0.05) is 28.4 Å². The molecule has 8 heteroatoms. The predicted molar refractivity (Wildman–Crippen MR) is 106 cm³/mol. The molecule has 0 saturated carbocycles. The highest BCUT2D eigenvalue weighted by atomic mass is 28.4. The molecule has 6 nitrogen and oxygen atoms in total. The molecule has 0 amide bonds. The van der Waals surface area contributed by atoms with Crippen molar-refractivity contribution in [1.29, 1.82) is 0 Å². The highest BCUT2D eigenvalue weighted by molar-refractivity contribution is 6.66. The molecular weight excluding hydrogens is 354 g/mol. The maximum absolute atomic E-state index is 12.1. The van der Waals surface area contributed by atoms with Gasteiger partial charge in [-0.15, -0.1) is 0 Å². The largest absolute Gasteiger partial charge is 0.398 e. The van der Waals surface area contributed by atoms with Crippen molar-refractivity contribution >= 4 is 22.9 Å². The van der Waals surface area contributed by atoms with Crippen LogP contribution in [0.25, 0.3) is 0 Å². The van der Waals surface area contributed by atoms with E-state index in [0.717, 1.165) is 38.0 Å². The lowest BCUT2D eigenvalue weighted by Crippen LogP contribution is -2.39. The summed E-state index contributed by atoms with van der Waals surface area (Å²) in [6.45, 7) is 11.7. The van der Waals surface area contributed by atoms with Crippen LogP contribution >= 0.6 is 0 Å². The number of hydrogen-bond acceptors (Lipinski definition) is 6. The molecule has 0 N–H and O–H groups in total. The monoisotopic (exact) mass is 391 g/mol. The van der Waals surface area contributed by atoms with Crippen LogP contribution in [0.2, 0.25) is 25.2 Å². The van der Waals surface area contributed by atoms with Gasteiger partial charge in [0.05, 0.1) is 6.54 Å². The van der Waals surface area contributed by atoms with Gasteiger partial charge in [-0.2, -0.15) is 0 Å². The summed E-state index contributed by atoms with van der Waals surface area (Å²) in [6.07, 6.45) is 1.88. The van der Waals surface area contributed by atoms with Gasteiger partial charge in [-0.3, -0.25) is 9.69 Å². The van der Waals surface area contributed by atoms with Crippen molar-refractivity contribution < 1.29 is 22.5 Å². The molecule has 0 bridgehead atoms. The molecule has 0 radical (unpaired) electrons. The lowest BCUT2D eigenvalue weighted by Gasteiger charge is -2.27. The van der Waals surface area contributed by atoms with Gasteiger partial charge in [0.25, 0.3) is 0 Å². The summed E-state index contributed by atoms with van der Waals surface area (Å²) in [7, 11) is 2.71. The van der Waals surface area contributed by atoms with Gasteiger partial charge >= 0.3 is 17.1 Å². The molecule has 0 atom stereocenters. The van der Waals surface area contributed by atoms with Gasteiger partial charge in [-0.25, -0.2) is 0 Å². The van der Waals surface area contributed by atoms with E-state index in [4.69, 9.17) is 17.7 Å². The van der Waals surface area contributed by atoms with Crippen LogP contribution in [0.1, 0.15) is 19.8 Å². The van der Waals surface area contributed by atoms with Crippen molar-refractivity contribution in [3.8, 4) is 0 Å². The van der Waals surface area contributed by atoms with Gasteiger partial charge in [-0.05, 0) is 63.6 Å². The van der Waals surface area contributed by atoms with Crippen molar-refractivity contribution in [3.63, 3.8) is 0 Å². The van der Waals surface area contributed by atoms with Crippen molar-refractivity contribution in [1.82, 2.24) is 4.90 Å². The molecule has 0 heterocycles. The van der Waals surface area contributed by atoms with E-state index in [9.17, 15) is 4.79 Å². The Balaban J connectivity index is 4.61. The standard InChI is InChI=1S/C17H37NO5Si2/c1-16(2)17(19)15-18(11-9-13-24(7,20-3)21-4)12-10-14-25(8,22-5)23-6/h1,9-15H2,2-8H3. The van der Waals surface area contributed by atoms with E-state index >= 15 is 0 Å². The predicted octanol–water partition coefficient (Wildman–Crippen LogP) is 2.94. The Morgan fingerprint density at radius 2 is 1.24 bits per heavy atom. The summed E-state index contributed by atoms with van der Waals surface area (Å²) in [5.74, 6) is 0.0944. The van der Waals surface area contributed by atoms with Gasteiger partial charge in [-0.1, -0.05) is 6.58 Å². The molecule has 148 valence electrons. The lowest BCUT2D eigenvalue weighted by atomic mass is 10.2. The second kappa shape index (κ2) is 12.1. The number of hydrogen-bond donors (Lipinski definition) is 0. The maximum atomic E-state index is 12.1. The van der Waals surface area contributed by atoms with E-state index in [1.54, 1.807) is 35.4 Å². The molecule has 0 aromatic rings. The molecular formula is C17H37NO5Si2. The van der Waals surface area contributed by atoms with E-state index in [1.807, 2.05) is 0 Å².